The summed E-state index contributed by atoms with van der Waals surface area (Å²) in [6.45, 7) is 0.771. The predicted octanol–water partition coefficient (Wildman–Crippen LogP) is 2.25. The first-order valence-corrected chi connectivity index (χ1v) is 8.33. The zero-order chi connectivity index (χ0) is 15.5. The average Bonchev–Trinajstić information content (AvgIpc) is 2.98. The Morgan fingerprint density at radius 2 is 2.09 bits per heavy atom. The number of hydrogen-bond donors (Lipinski definition) is 1. The SMILES string of the molecule is O=C1CCC(C(=O)N2CCCC2Cc2ccc(Br)cc2)=NN1. The highest BCUT2D eigenvalue weighted by atomic mass is 79.9. The van der Waals surface area contributed by atoms with E-state index in [1.165, 1.54) is 5.56 Å². The van der Waals surface area contributed by atoms with Gasteiger partial charge in [-0.1, -0.05) is 28.1 Å². The molecule has 2 amide bonds. The van der Waals surface area contributed by atoms with Crippen molar-refractivity contribution in [2.45, 2.75) is 38.1 Å². The van der Waals surface area contributed by atoms with Crippen LogP contribution in [0.1, 0.15) is 31.2 Å². The van der Waals surface area contributed by atoms with Gasteiger partial charge < -0.3 is 4.90 Å². The second kappa shape index (κ2) is 6.60. The third kappa shape index (κ3) is 3.38. The van der Waals surface area contributed by atoms with Crippen molar-refractivity contribution in [2.75, 3.05) is 6.54 Å². The molecule has 1 atom stereocenters. The van der Waals surface area contributed by atoms with Gasteiger partial charge in [-0.3, -0.25) is 9.59 Å². The van der Waals surface area contributed by atoms with Gasteiger partial charge in [-0.25, -0.2) is 5.43 Å². The van der Waals surface area contributed by atoms with E-state index in [1.54, 1.807) is 0 Å². The Morgan fingerprint density at radius 3 is 2.77 bits per heavy atom. The molecule has 2 aliphatic heterocycles. The molecule has 0 radical (unpaired) electrons. The second-order valence-corrected chi connectivity index (χ2v) is 6.63. The third-order valence-electron chi connectivity index (χ3n) is 4.17. The zero-order valence-corrected chi connectivity index (χ0v) is 13.8. The summed E-state index contributed by atoms with van der Waals surface area (Å²) in [5, 5.41) is 3.93. The van der Waals surface area contributed by atoms with Crippen molar-refractivity contribution in [1.29, 1.82) is 0 Å². The maximum absolute atomic E-state index is 12.6. The van der Waals surface area contributed by atoms with E-state index in [2.05, 4.69) is 38.6 Å². The van der Waals surface area contributed by atoms with E-state index in [9.17, 15) is 9.59 Å². The number of benzene rings is 1. The molecule has 22 heavy (non-hydrogen) atoms. The maximum Gasteiger partial charge on any atom is 0.270 e. The standard InChI is InChI=1S/C16H18BrN3O2/c17-12-5-3-11(4-6-12)10-13-2-1-9-20(13)16(22)14-7-8-15(21)19-18-14/h3-6,13H,1-2,7-10H2,(H,19,21). The van der Waals surface area contributed by atoms with Gasteiger partial charge in [0.05, 0.1) is 0 Å². The summed E-state index contributed by atoms with van der Waals surface area (Å²) < 4.78 is 1.06. The van der Waals surface area contributed by atoms with Crippen molar-refractivity contribution in [1.82, 2.24) is 10.3 Å². The van der Waals surface area contributed by atoms with Gasteiger partial charge >= 0.3 is 0 Å². The highest BCUT2D eigenvalue weighted by Gasteiger charge is 2.32. The molecule has 2 aliphatic rings. The van der Waals surface area contributed by atoms with Crippen molar-refractivity contribution < 1.29 is 9.59 Å². The van der Waals surface area contributed by atoms with Gasteiger partial charge in [-0.15, -0.1) is 0 Å². The number of carbonyl (C=O) groups excluding carboxylic acids is 2. The number of rotatable bonds is 3. The molecule has 0 saturated carbocycles. The van der Waals surface area contributed by atoms with Crippen LogP contribution in [0.3, 0.4) is 0 Å². The van der Waals surface area contributed by atoms with Crippen LogP contribution in [0, 0.1) is 0 Å². The van der Waals surface area contributed by atoms with Crippen LogP contribution in [-0.4, -0.2) is 35.0 Å². The lowest BCUT2D eigenvalue weighted by Gasteiger charge is -2.26. The van der Waals surface area contributed by atoms with E-state index in [0.717, 1.165) is 30.3 Å². The van der Waals surface area contributed by atoms with Gasteiger partial charge in [0.25, 0.3) is 5.91 Å². The fourth-order valence-corrected chi connectivity index (χ4v) is 3.27. The molecule has 1 N–H and O–H groups in total. The molecular weight excluding hydrogens is 346 g/mol. The fraction of sp³-hybridized carbons (Fsp3) is 0.438. The molecule has 1 fully saturated rings. The Bertz CT molecular complexity index is 612. The second-order valence-electron chi connectivity index (χ2n) is 5.72. The minimum absolute atomic E-state index is 0.0281. The number of carbonyl (C=O) groups is 2. The predicted molar refractivity (Wildman–Crippen MR) is 87.4 cm³/mol. The van der Waals surface area contributed by atoms with E-state index in [4.69, 9.17) is 0 Å². The van der Waals surface area contributed by atoms with Crippen LogP contribution in [0.25, 0.3) is 0 Å². The van der Waals surface area contributed by atoms with Gasteiger partial charge in [0.15, 0.2) is 0 Å². The molecule has 116 valence electrons. The van der Waals surface area contributed by atoms with Crippen LogP contribution in [0.15, 0.2) is 33.8 Å². The van der Waals surface area contributed by atoms with Gasteiger partial charge in [0.2, 0.25) is 5.91 Å². The summed E-state index contributed by atoms with van der Waals surface area (Å²) in [4.78, 5) is 25.7. The summed E-state index contributed by atoms with van der Waals surface area (Å²) in [7, 11) is 0. The molecule has 1 aromatic rings. The molecule has 6 heteroatoms. The number of hydrazone groups is 1. The maximum atomic E-state index is 12.6. The van der Waals surface area contributed by atoms with E-state index in [-0.39, 0.29) is 17.9 Å². The van der Waals surface area contributed by atoms with Gasteiger partial charge in [0.1, 0.15) is 5.71 Å². The van der Waals surface area contributed by atoms with Gasteiger partial charge in [0, 0.05) is 29.9 Å². The van der Waals surface area contributed by atoms with Gasteiger partial charge in [-0.05, 0) is 37.0 Å². The third-order valence-corrected chi connectivity index (χ3v) is 4.70. The number of amides is 2. The van der Waals surface area contributed by atoms with Crippen LogP contribution < -0.4 is 5.43 Å². The quantitative estimate of drug-likeness (QED) is 0.894. The Balaban J connectivity index is 1.68. The van der Waals surface area contributed by atoms with Crippen LogP contribution in [0.2, 0.25) is 0 Å². The molecule has 1 unspecified atom stereocenters. The monoisotopic (exact) mass is 363 g/mol. The molecule has 0 spiro atoms. The Morgan fingerprint density at radius 1 is 1.32 bits per heavy atom. The average molecular weight is 364 g/mol. The Hall–Kier alpha value is -1.69. The van der Waals surface area contributed by atoms with Crippen molar-refractivity contribution in [3.05, 3.63) is 34.3 Å². The number of nitrogens with zero attached hydrogens (tertiary/aromatic N) is 2. The van der Waals surface area contributed by atoms with Crippen molar-refractivity contribution in [3.8, 4) is 0 Å². The van der Waals surface area contributed by atoms with Crippen LogP contribution in [-0.2, 0) is 16.0 Å². The number of nitrogens with one attached hydrogen (secondary N) is 1. The molecule has 1 saturated heterocycles. The molecule has 5 nitrogen and oxygen atoms in total. The summed E-state index contributed by atoms with van der Waals surface area (Å²) in [6.07, 6.45) is 3.68. The Labute approximate surface area is 137 Å². The number of likely N-dealkylation sites (tertiary alicyclic amines) is 1. The smallest absolute Gasteiger partial charge is 0.270 e. The summed E-state index contributed by atoms with van der Waals surface area (Å²) in [6, 6.07) is 8.44. The topological polar surface area (TPSA) is 61.8 Å². The first-order valence-electron chi connectivity index (χ1n) is 7.54. The lowest BCUT2D eigenvalue weighted by molar-refractivity contribution is -0.125. The molecule has 0 aromatic heterocycles. The van der Waals surface area contributed by atoms with Gasteiger partial charge in [-0.2, -0.15) is 5.10 Å². The highest BCUT2D eigenvalue weighted by molar-refractivity contribution is 9.10. The van der Waals surface area contributed by atoms with Crippen molar-refractivity contribution in [3.63, 3.8) is 0 Å². The molecular formula is C16H18BrN3O2. The van der Waals surface area contributed by atoms with E-state index in [1.807, 2.05) is 17.0 Å². The fourth-order valence-electron chi connectivity index (χ4n) is 3.00. The lowest BCUT2D eigenvalue weighted by atomic mass is 10.0. The number of halogens is 1. The molecule has 1 aromatic carbocycles. The summed E-state index contributed by atoms with van der Waals surface area (Å²) in [5.74, 6) is -0.149. The van der Waals surface area contributed by atoms with Crippen molar-refractivity contribution >= 4 is 33.5 Å². The van der Waals surface area contributed by atoms with E-state index in [0.29, 0.717) is 18.6 Å². The van der Waals surface area contributed by atoms with Crippen LogP contribution in [0.4, 0.5) is 0 Å². The van der Waals surface area contributed by atoms with Crippen LogP contribution in [0.5, 0.6) is 0 Å². The summed E-state index contributed by atoms with van der Waals surface area (Å²) >= 11 is 3.44. The van der Waals surface area contributed by atoms with E-state index < -0.39 is 0 Å². The van der Waals surface area contributed by atoms with E-state index >= 15 is 0 Å². The zero-order valence-electron chi connectivity index (χ0n) is 12.2. The molecule has 0 bridgehead atoms. The first-order chi connectivity index (χ1) is 10.6. The highest BCUT2D eigenvalue weighted by Crippen LogP contribution is 2.23. The van der Waals surface area contributed by atoms with Crippen molar-refractivity contribution in [2.24, 2.45) is 5.10 Å². The summed E-state index contributed by atoms with van der Waals surface area (Å²) in [5.41, 5.74) is 4.11. The normalized spacial score (nSPS) is 21.5. The minimum atomic E-state index is -0.121. The van der Waals surface area contributed by atoms with Crippen LogP contribution >= 0.6 is 15.9 Å². The lowest BCUT2D eigenvalue weighted by Crippen LogP contribution is -2.43. The molecule has 3 rings (SSSR count). The number of hydrogen-bond acceptors (Lipinski definition) is 3. The minimum Gasteiger partial charge on any atom is -0.334 e. The first kappa shape index (κ1) is 15.2. The molecule has 2 heterocycles. The molecule has 0 aliphatic carbocycles. The largest absolute Gasteiger partial charge is 0.334 e. The Kier molecular flexibility index (Phi) is 4.57.